The van der Waals surface area contributed by atoms with E-state index in [0.717, 1.165) is 12.1 Å². The number of alkyl halides is 3. The van der Waals surface area contributed by atoms with Crippen molar-refractivity contribution in [2.24, 2.45) is 0 Å². The minimum Gasteiger partial charge on any atom is -0.494 e. The smallest absolute Gasteiger partial charge is 0.416 e. The molecule has 2 atom stereocenters. The molecule has 0 aliphatic carbocycles. The third-order valence-electron chi connectivity index (χ3n) is 3.04. The van der Waals surface area contributed by atoms with Crippen LogP contribution in [0.4, 0.5) is 13.2 Å². The highest BCUT2D eigenvalue weighted by Crippen LogP contribution is 2.30. The van der Waals surface area contributed by atoms with Gasteiger partial charge in [0, 0.05) is 13.6 Å². The first kappa shape index (κ1) is 25.3. The van der Waals surface area contributed by atoms with Crippen molar-refractivity contribution in [3.63, 3.8) is 0 Å². The summed E-state index contributed by atoms with van der Waals surface area (Å²) >= 11 is -1.97. The standard InChI is InChI=1S/C14H19F3N2O5S.C2H6/c1-10(13(20)18-21)25(22)24-19(2)8-3-9-23-12-6-4-11(5-7-12)14(15,16)17;1-2/h4-7,10,21H,3,8-9H2,1-2H3,(H,18,20);1-2H3. The average Bonchev–Trinajstić information content (AvgIpc) is 2.65. The number of rotatable bonds is 9. The molecule has 0 spiro atoms. The van der Waals surface area contributed by atoms with E-state index in [-0.39, 0.29) is 6.61 Å². The predicted molar refractivity (Wildman–Crippen MR) is 94.2 cm³/mol. The van der Waals surface area contributed by atoms with Gasteiger partial charge < -0.3 is 4.74 Å². The molecule has 11 heteroatoms. The Morgan fingerprint density at radius 1 is 1.30 bits per heavy atom. The Kier molecular flexibility index (Phi) is 11.9. The van der Waals surface area contributed by atoms with Crippen LogP contribution in [0.1, 0.15) is 32.8 Å². The van der Waals surface area contributed by atoms with Crippen LogP contribution in [0.15, 0.2) is 24.3 Å². The summed E-state index contributed by atoms with van der Waals surface area (Å²) in [7, 11) is 1.50. The van der Waals surface area contributed by atoms with Crippen LogP contribution in [0, 0.1) is 0 Å². The fraction of sp³-hybridized carbons (Fsp3) is 0.562. The van der Waals surface area contributed by atoms with Crippen LogP contribution >= 0.6 is 0 Å². The molecule has 0 aliphatic rings. The molecule has 7 nitrogen and oxygen atoms in total. The second kappa shape index (κ2) is 12.7. The van der Waals surface area contributed by atoms with Gasteiger partial charge in [0.1, 0.15) is 11.0 Å². The quantitative estimate of drug-likeness (QED) is 0.367. The van der Waals surface area contributed by atoms with Crippen molar-refractivity contribution in [2.45, 2.75) is 38.6 Å². The zero-order valence-electron chi connectivity index (χ0n) is 15.6. The molecule has 156 valence electrons. The summed E-state index contributed by atoms with van der Waals surface area (Å²) in [5, 5.41) is 8.63. The Labute approximate surface area is 159 Å². The Morgan fingerprint density at radius 2 is 1.85 bits per heavy atom. The van der Waals surface area contributed by atoms with Crippen LogP contribution in [0.2, 0.25) is 0 Å². The van der Waals surface area contributed by atoms with E-state index in [2.05, 4.69) is 0 Å². The maximum absolute atomic E-state index is 12.4. The third kappa shape index (κ3) is 9.70. The normalized spacial score (nSPS) is 13.4. The molecule has 0 aliphatic heterocycles. The van der Waals surface area contributed by atoms with Gasteiger partial charge >= 0.3 is 6.18 Å². The highest BCUT2D eigenvalue weighted by atomic mass is 32.2. The highest BCUT2D eigenvalue weighted by molar-refractivity contribution is 7.81. The SMILES string of the molecule is CC.CC(C(=O)NO)S(=O)ON(C)CCCOc1ccc(C(F)(F)F)cc1. The molecule has 0 fully saturated rings. The van der Waals surface area contributed by atoms with Gasteiger partial charge in [0.2, 0.25) is 0 Å². The zero-order valence-corrected chi connectivity index (χ0v) is 16.4. The molecule has 0 saturated heterocycles. The van der Waals surface area contributed by atoms with E-state index >= 15 is 0 Å². The van der Waals surface area contributed by atoms with Gasteiger partial charge in [-0.2, -0.15) is 22.5 Å². The fourth-order valence-electron chi connectivity index (χ4n) is 1.62. The molecule has 2 unspecified atom stereocenters. The van der Waals surface area contributed by atoms with Gasteiger partial charge in [0.15, 0.2) is 11.1 Å². The van der Waals surface area contributed by atoms with Crippen molar-refractivity contribution in [3.05, 3.63) is 29.8 Å². The van der Waals surface area contributed by atoms with Gasteiger partial charge in [-0.1, -0.05) is 13.8 Å². The highest BCUT2D eigenvalue weighted by Gasteiger charge is 2.30. The Hall–Kier alpha value is -1.69. The van der Waals surface area contributed by atoms with E-state index in [4.69, 9.17) is 14.2 Å². The van der Waals surface area contributed by atoms with Gasteiger partial charge in [-0.3, -0.25) is 10.0 Å². The molecular formula is C16H25F3N2O5S. The van der Waals surface area contributed by atoms with Gasteiger partial charge in [-0.25, -0.2) is 9.69 Å². The van der Waals surface area contributed by atoms with Crippen molar-refractivity contribution in [2.75, 3.05) is 20.2 Å². The fourth-order valence-corrected chi connectivity index (χ4v) is 2.30. The topological polar surface area (TPSA) is 88.1 Å². The number of amides is 1. The largest absolute Gasteiger partial charge is 0.494 e. The van der Waals surface area contributed by atoms with E-state index in [9.17, 15) is 22.2 Å². The summed E-state index contributed by atoms with van der Waals surface area (Å²) < 4.78 is 59.3. The Bertz CT molecular complexity index is 584. The average molecular weight is 414 g/mol. The van der Waals surface area contributed by atoms with Crippen molar-refractivity contribution in [1.29, 1.82) is 0 Å². The van der Waals surface area contributed by atoms with Crippen molar-refractivity contribution < 1.29 is 36.4 Å². The minimum atomic E-state index is -4.39. The number of hydrogen-bond acceptors (Lipinski definition) is 6. The van der Waals surface area contributed by atoms with Crippen molar-refractivity contribution >= 4 is 17.0 Å². The van der Waals surface area contributed by atoms with Crippen LogP contribution in [0.25, 0.3) is 0 Å². The molecule has 0 saturated carbocycles. The molecule has 1 aromatic carbocycles. The van der Waals surface area contributed by atoms with Crippen LogP contribution in [0.5, 0.6) is 5.75 Å². The van der Waals surface area contributed by atoms with Crippen molar-refractivity contribution in [1.82, 2.24) is 10.5 Å². The molecule has 1 aromatic rings. The molecular weight excluding hydrogens is 389 g/mol. The van der Waals surface area contributed by atoms with Gasteiger partial charge in [0.05, 0.1) is 12.2 Å². The second-order valence-corrected chi connectivity index (χ2v) is 6.41. The molecule has 0 bridgehead atoms. The first-order valence-electron chi connectivity index (χ1n) is 8.19. The molecule has 0 aromatic heterocycles. The first-order chi connectivity index (χ1) is 12.6. The molecule has 1 rings (SSSR count). The van der Waals surface area contributed by atoms with Gasteiger partial charge in [-0.15, -0.1) is 0 Å². The zero-order chi connectivity index (χ0) is 21.0. The molecule has 1 amide bonds. The number of ether oxygens (including phenoxy) is 1. The number of nitrogens with one attached hydrogen (secondary N) is 1. The lowest BCUT2D eigenvalue weighted by atomic mass is 10.2. The van der Waals surface area contributed by atoms with Crippen LogP contribution in [-0.2, 0) is 26.3 Å². The van der Waals surface area contributed by atoms with Gasteiger partial charge in [0.25, 0.3) is 5.91 Å². The molecule has 27 heavy (non-hydrogen) atoms. The van der Waals surface area contributed by atoms with E-state index in [0.29, 0.717) is 18.7 Å². The molecule has 0 heterocycles. The molecule has 0 radical (unpaired) electrons. The lowest BCUT2D eigenvalue weighted by molar-refractivity contribution is -0.137. The third-order valence-corrected chi connectivity index (χ3v) is 4.23. The number of carbonyl (C=O) groups excluding carboxylic acids is 1. The number of benzene rings is 1. The Morgan fingerprint density at radius 3 is 2.33 bits per heavy atom. The van der Waals surface area contributed by atoms with E-state index in [1.54, 1.807) is 0 Å². The summed E-state index contributed by atoms with van der Waals surface area (Å²) in [6, 6.07) is 4.32. The molecule has 2 N–H and O–H groups in total. The summed E-state index contributed by atoms with van der Waals surface area (Å²) in [6.45, 7) is 5.83. The van der Waals surface area contributed by atoms with Crippen LogP contribution < -0.4 is 10.2 Å². The second-order valence-electron chi connectivity index (χ2n) is 5.03. The van der Waals surface area contributed by atoms with E-state index in [1.807, 2.05) is 13.8 Å². The lowest BCUT2D eigenvalue weighted by Crippen LogP contribution is -2.36. The van der Waals surface area contributed by atoms with Crippen molar-refractivity contribution in [3.8, 4) is 5.75 Å². The summed E-state index contributed by atoms with van der Waals surface area (Å²) in [5.74, 6) is -0.536. The monoisotopic (exact) mass is 414 g/mol. The minimum absolute atomic E-state index is 0.207. The lowest BCUT2D eigenvalue weighted by Gasteiger charge is -2.17. The number of nitrogens with zero attached hydrogens (tertiary/aromatic N) is 1. The number of hydrogen-bond donors (Lipinski definition) is 2. The summed E-state index contributed by atoms with van der Waals surface area (Å²) in [5.41, 5.74) is 0.628. The predicted octanol–water partition coefficient (Wildman–Crippen LogP) is 2.92. The first-order valence-corrected chi connectivity index (χ1v) is 9.33. The van der Waals surface area contributed by atoms with E-state index in [1.165, 1.54) is 36.6 Å². The maximum atomic E-state index is 12.4. The van der Waals surface area contributed by atoms with Crippen LogP contribution in [-0.4, -0.2) is 45.8 Å². The van der Waals surface area contributed by atoms with E-state index < -0.39 is 34.0 Å². The number of carbonyl (C=O) groups is 1. The number of halogens is 3. The maximum Gasteiger partial charge on any atom is 0.416 e. The summed E-state index contributed by atoms with van der Waals surface area (Å²) in [4.78, 5) is 11.1. The Balaban J connectivity index is 0.00000326. The van der Waals surface area contributed by atoms with Gasteiger partial charge in [-0.05, 0) is 37.6 Å². The number of hydroxylamine groups is 3. The van der Waals surface area contributed by atoms with Crippen LogP contribution in [0.3, 0.4) is 0 Å². The summed E-state index contributed by atoms with van der Waals surface area (Å²) in [6.07, 6.45) is -3.95.